The fourth-order valence-electron chi connectivity index (χ4n) is 2.95. The first kappa shape index (κ1) is 17.1. The third kappa shape index (κ3) is 2.74. The summed E-state index contributed by atoms with van der Waals surface area (Å²) in [6, 6.07) is 6.03. The summed E-state index contributed by atoms with van der Waals surface area (Å²) >= 11 is 5.18. The monoisotopic (exact) mass is 354 g/mol. The summed E-state index contributed by atoms with van der Waals surface area (Å²) in [6.45, 7) is -0.454. The van der Waals surface area contributed by atoms with Gasteiger partial charge in [-0.05, 0) is 29.9 Å². The highest BCUT2D eigenvalue weighted by Gasteiger charge is 2.51. The molecule has 8 nitrogen and oxygen atoms in total. The third-order valence-electron chi connectivity index (χ3n) is 4.21. The quantitative estimate of drug-likeness (QED) is 0.504. The number of benzene rings is 1. The molecular formula is C15H18N2O6S. The Morgan fingerprint density at radius 1 is 1.29 bits per heavy atom. The number of amides is 1. The van der Waals surface area contributed by atoms with Crippen LogP contribution in [0.2, 0.25) is 0 Å². The zero-order valence-electron chi connectivity index (χ0n) is 12.8. The first-order valence-corrected chi connectivity index (χ1v) is 7.78. The molecule has 0 bridgehead atoms. The lowest BCUT2D eigenvalue weighted by Crippen LogP contribution is -2.46. The predicted molar refractivity (Wildman–Crippen MR) is 86.1 cm³/mol. The molecule has 24 heavy (non-hydrogen) atoms. The van der Waals surface area contributed by atoms with Crippen molar-refractivity contribution in [3.05, 3.63) is 29.8 Å². The van der Waals surface area contributed by atoms with E-state index in [9.17, 15) is 20.1 Å². The van der Waals surface area contributed by atoms with Crippen LogP contribution < -0.4 is 10.1 Å². The van der Waals surface area contributed by atoms with E-state index >= 15 is 0 Å². The van der Waals surface area contributed by atoms with E-state index < -0.39 is 37.2 Å². The van der Waals surface area contributed by atoms with Crippen LogP contribution in [0.5, 0.6) is 5.75 Å². The number of thiocarbonyl (C=S) groups is 1. The summed E-state index contributed by atoms with van der Waals surface area (Å²) < 4.78 is 10.6. The molecule has 2 aliphatic heterocycles. The molecule has 1 aromatic rings. The van der Waals surface area contributed by atoms with Gasteiger partial charge in [0.15, 0.2) is 11.3 Å². The van der Waals surface area contributed by atoms with Gasteiger partial charge in [0.25, 0.3) is 5.91 Å². The van der Waals surface area contributed by atoms with E-state index in [1.807, 2.05) is 0 Å². The van der Waals surface area contributed by atoms with Crippen LogP contribution in [0.25, 0.3) is 0 Å². The normalized spacial score (nSPS) is 33.0. The predicted octanol–water partition coefficient (Wildman–Crippen LogP) is -1.11. The molecule has 0 aromatic heterocycles. The maximum Gasteiger partial charge on any atom is 0.253 e. The van der Waals surface area contributed by atoms with Crippen LogP contribution in [0.4, 0.5) is 0 Å². The van der Waals surface area contributed by atoms with E-state index in [1.54, 1.807) is 24.3 Å². The summed E-state index contributed by atoms with van der Waals surface area (Å²) in [5.74, 6) is 0.280. The van der Waals surface area contributed by atoms with Crippen molar-refractivity contribution in [2.75, 3.05) is 13.7 Å². The summed E-state index contributed by atoms with van der Waals surface area (Å²) in [7, 11) is 1.54. The molecule has 3 rings (SSSR count). The molecule has 2 heterocycles. The van der Waals surface area contributed by atoms with E-state index in [4.69, 9.17) is 21.7 Å². The number of aliphatic hydroxyl groups excluding tert-OH is 3. The fraction of sp³-hybridized carbons (Fsp3) is 0.467. The van der Waals surface area contributed by atoms with Crippen LogP contribution in [0.1, 0.15) is 11.6 Å². The molecule has 2 saturated heterocycles. The van der Waals surface area contributed by atoms with Gasteiger partial charge in [0.1, 0.15) is 30.1 Å². The van der Waals surface area contributed by atoms with Gasteiger partial charge >= 0.3 is 0 Å². The highest BCUT2D eigenvalue weighted by atomic mass is 32.1. The first-order chi connectivity index (χ1) is 11.5. The minimum absolute atomic E-state index is 0.0932. The lowest BCUT2D eigenvalue weighted by atomic mass is 10.0. The summed E-state index contributed by atoms with van der Waals surface area (Å²) in [5.41, 5.74) is 0.630. The van der Waals surface area contributed by atoms with Gasteiger partial charge in [0.05, 0.1) is 13.7 Å². The number of aliphatic hydroxyl groups is 3. The number of nitrogens with one attached hydrogen (secondary N) is 1. The number of carbonyl (C=O) groups is 1. The van der Waals surface area contributed by atoms with Gasteiger partial charge in [0.2, 0.25) is 0 Å². The zero-order valence-corrected chi connectivity index (χ0v) is 13.6. The summed E-state index contributed by atoms with van der Waals surface area (Å²) in [5, 5.41) is 32.0. The highest BCUT2D eigenvalue weighted by Crippen LogP contribution is 2.34. The lowest BCUT2D eigenvalue weighted by molar-refractivity contribution is -0.126. The van der Waals surface area contributed by atoms with Crippen molar-refractivity contribution in [3.63, 3.8) is 0 Å². The zero-order chi connectivity index (χ0) is 17.4. The first-order valence-electron chi connectivity index (χ1n) is 7.37. The van der Waals surface area contributed by atoms with Crippen LogP contribution in [0.15, 0.2) is 24.3 Å². The molecule has 0 spiro atoms. The number of methoxy groups -OCH3 is 1. The van der Waals surface area contributed by atoms with Crippen molar-refractivity contribution < 1.29 is 29.6 Å². The van der Waals surface area contributed by atoms with Crippen molar-refractivity contribution in [1.29, 1.82) is 0 Å². The van der Waals surface area contributed by atoms with E-state index in [-0.39, 0.29) is 11.0 Å². The fourth-order valence-corrected chi connectivity index (χ4v) is 3.26. The van der Waals surface area contributed by atoms with Crippen molar-refractivity contribution in [2.24, 2.45) is 0 Å². The number of rotatable bonds is 4. The van der Waals surface area contributed by atoms with Crippen LogP contribution in [-0.2, 0) is 9.53 Å². The molecule has 1 amide bonds. The number of carbonyl (C=O) groups excluding carboxylic acids is 1. The van der Waals surface area contributed by atoms with Gasteiger partial charge in [-0.1, -0.05) is 12.1 Å². The Kier molecular flexibility index (Phi) is 4.70. The second-order valence-corrected chi connectivity index (χ2v) is 5.99. The Hall–Kier alpha value is -1.78. The molecule has 0 aliphatic carbocycles. The van der Waals surface area contributed by atoms with Gasteiger partial charge in [0, 0.05) is 0 Å². The maximum absolute atomic E-state index is 12.3. The Balaban J connectivity index is 1.92. The summed E-state index contributed by atoms with van der Waals surface area (Å²) in [4.78, 5) is 13.7. The number of hydrogen-bond donors (Lipinski definition) is 4. The molecule has 9 heteroatoms. The van der Waals surface area contributed by atoms with Gasteiger partial charge in [-0.15, -0.1) is 0 Å². The van der Waals surface area contributed by atoms with Gasteiger partial charge in [-0.2, -0.15) is 0 Å². The van der Waals surface area contributed by atoms with E-state index in [0.717, 1.165) is 0 Å². The molecular weight excluding hydrogens is 336 g/mol. The van der Waals surface area contributed by atoms with Crippen LogP contribution in [0.3, 0.4) is 0 Å². The molecule has 1 aromatic carbocycles. The minimum atomic E-state index is -1.31. The average Bonchev–Trinajstić information content (AvgIpc) is 3.03. The molecule has 4 N–H and O–H groups in total. The third-order valence-corrected chi connectivity index (χ3v) is 4.53. The standard InChI is InChI=1S/C15H18N2O6S/c1-22-8-4-2-7(3-5-8)10-13(21)16-15(24)17(10)14-12(20)11(19)9(6-18)23-14/h2-5,9-12,14,18-20H,6H2,1H3,(H,16,21,24)/t9-,10?,11-,12-,14-/m1/s1. The highest BCUT2D eigenvalue weighted by molar-refractivity contribution is 7.80. The Morgan fingerprint density at radius 2 is 1.96 bits per heavy atom. The second-order valence-electron chi connectivity index (χ2n) is 5.61. The largest absolute Gasteiger partial charge is 0.497 e. The Bertz CT molecular complexity index is 639. The van der Waals surface area contributed by atoms with E-state index in [0.29, 0.717) is 11.3 Å². The number of ether oxygens (including phenoxy) is 2. The van der Waals surface area contributed by atoms with Gasteiger partial charge in [-0.25, -0.2) is 0 Å². The molecule has 2 aliphatic rings. The van der Waals surface area contributed by atoms with Crippen molar-refractivity contribution in [3.8, 4) is 5.75 Å². The molecule has 130 valence electrons. The van der Waals surface area contributed by atoms with Gasteiger partial charge < -0.3 is 35.0 Å². The van der Waals surface area contributed by atoms with Crippen LogP contribution >= 0.6 is 12.2 Å². The van der Waals surface area contributed by atoms with E-state index in [2.05, 4.69) is 5.32 Å². The van der Waals surface area contributed by atoms with Crippen LogP contribution in [-0.4, -0.2) is 69.5 Å². The van der Waals surface area contributed by atoms with Crippen molar-refractivity contribution in [2.45, 2.75) is 30.6 Å². The van der Waals surface area contributed by atoms with E-state index in [1.165, 1.54) is 12.0 Å². The van der Waals surface area contributed by atoms with Crippen molar-refractivity contribution in [1.82, 2.24) is 10.2 Å². The molecule has 1 unspecified atom stereocenters. The smallest absolute Gasteiger partial charge is 0.253 e. The molecule has 2 fully saturated rings. The maximum atomic E-state index is 12.3. The number of hydrogen-bond acceptors (Lipinski definition) is 7. The Morgan fingerprint density at radius 3 is 2.50 bits per heavy atom. The van der Waals surface area contributed by atoms with Crippen molar-refractivity contribution >= 4 is 23.2 Å². The molecule has 5 atom stereocenters. The average molecular weight is 354 g/mol. The molecule has 0 radical (unpaired) electrons. The minimum Gasteiger partial charge on any atom is -0.497 e. The van der Waals surface area contributed by atoms with Crippen LogP contribution in [0, 0.1) is 0 Å². The Labute approximate surface area is 143 Å². The summed E-state index contributed by atoms with van der Waals surface area (Å²) in [6.07, 6.45) is -4.57. The SMILES string of the molecule is COc1ccc(C2C(=O)NC(=S)N2[C@@H]2O[C@H](CO)[C@@H](O)[C@H]2O)cc1. The topological polar surface area (TPSA) is 111 Å². The number of nitrogens with zero attached hydrogens (tertiary/aromatic N) is 1. The van der Waals surface area contributed by atoms with Gasteiger partial charge in [-0.3, -0.25) is 4.79 Å². The molecule has 0 saturated carbocycles. The second kappa shape index (κ2) is 6.61. The lowest BCUT2D eigenvalue weighted by Gasteiger charge is -2.31.